The van der Waals surface area contributed by atoms with E-state index in [-0.39, 0.29) is 18.4 Å². The van der Waals surface area contributed by atoms with Gasteiger partial charge in [0, 0.05) is 12.2 Å². The highest BCUT2D eigenvalue weighted by Gasteiger charge is 2.49. The number of aryl methyl sites for hydroxylation is 3. The van der Waals surface area contributed by atoms with Crippen molar-refractivity contribution in [2.75, 3.05) is 4.90 Å². The molecule has 1 aliphatic rings. The van der Waals surface area contributed by atoms with E-state index in [1.807, 2.05) is 87.7 Å². The second-order valence-electron chi connectivity index (χ2n) is 9.43. The summed E-state index contributed by atoms with van der Waals surface area (Å²) in [5, 5.41) is 9.79. The zero-order valence-electron chi connectivity index (χ0n) is 20.3. The molecular weight excluding hydrogens is 456 g/mol. The average molecular weight is 485 g/mol. The molecule has 0 saturated heterocycles. The van der Waals surface area contributed by atoms with Gasteiger partial charge in [-0.15, -0.1) is 11.3 Å². The summed E-state index contributed by atoms with van der Waals surface area (Å²) in [5.74, 6) is -0.444. The third-order valence-corrected chi connectivity index (χ3v) is 7.45. The lowest BCUT2D eigenvalue weighted by molar-refractivity contribution is -0.126. The van der Waals surface area contributed by atoms with Crippen LogP contribution in [0.15, 0.2) is 66.0 Å². The van der Waals surface area contributed by atoms with Crippen LogP contribution in [0.25, 0.3) is 10.6 Å². The van der Waals surface area contributed by atoms with Crippen molar-refractivity contribution in [3.63, 3.8) is 0 Å². The normalized spacial score (nSPS) is 17.4. The van der Waals surface area contributed by atoms with Gasteiger partial charge in [-0.05, 0) is 68.0 Å². The van der Waals surface area contributed by atoms with Crippen molar-refractivity contribution in [3.8, 4) is 10.6 Å². The highest BCUT2D eigenvalue weighted by Crippen LogP contribution is 2.36. The summed E-state index contributed by atoms with van der Waals surface area (Å²) in [6.45, 7) is 8.46. The molecule has 0 unspecified atom stereocenters. The number of amides is 2. The minimum Gasteiger partial charge on any atom is -0.350 e. The van der Waals surface area contributed by atoms with Crippen molar-refractivity contribution in [1.29, 1.82) is 0 Å². The Morgan fingerprint density at radius 3 is 2.60 bits per heavy atom. The fraction of sp³-hybridized carbons (Fsp3) is 0.250. The molecule has 2 aromatic heterocycles. The number of rotatable bonds is 5. The first-order valence-corrected chi connectivity index (χ1v) is 12.5. The minimum atomic E-state index is -1.16. The van der Waals surface area contributed by atoms with Crippen molar-refractivity contribution in [2.45, 2.75) is 46.3 Å². The molecule has 0 fully saturated rings. The van der Waals surface area contributed by atoms with E-state index < -0.39 is 5.54 Å². The van der Waals surface area contributed by atoms with E-state index in [1.165, 1.54) is 0 Å². The lowest BCUT2D eigenvalue weighted by Gasteiger charge is -2.43. The second kappa shape index (κ2) is 8.82. The van der Waals surface area contributed by atoms with Gasteiger partial charge in [-0.2, -0.15) is 5.10 Å². The van der Waals surface area contributed by atoms with Crippen LogP contribution >= 0.6 is 11.3 Å². The van der Waals surface area contributed by atoms with Crippen molar-refractivity contribution in [2.24, 2.45) is 0 Å². The van der Waals surface area contributed by atoms with Crippen LogP contribution in [0.2, 0.25) is 0 Å². The van der Waals surface area contributed by atoms with Gasteiger partial charge in [0.15, 0.2) is 0 Å². The molecule has 5 rings (SSSR count). The quantitative estimate of drug-likeness (QED) is 0.420. The van der Waals surface area contributed by atoms with Gasteiger partial charge in [-0.3, -0.25) is 19.2 Å². The molecular formula is C28H28N4O2S. The maximum atomic E-state index is 14.0. The van der Waals surface area contributed by atoms with Gasteiger partial charge in [0.05, 0.1) is 11.4 Å². The second-order valence-corrected chi connectivity index (χ2v) is 10.4. The Hall–Kier alpha value is -3.71. The summed E-state index contributed by atoms with van der Waals surface area (Å²) in [4.78, 5) is 30.4. The van der Waals surface area contributed by atoms with Crippen LogP contribution in [0.5, 0.6) is 0 Å². The van der Waals surface area contributed by atoms with Crippen molar-refractivity contribution in [1.82, 2.24) is 15.1 Å². The fourth-order valence-electron chi connectivity index (χ4n) is 4.66. The Bertz CT molecular complexity index is 1420. The molecule has 35 heavy (non-hydrogen) atoms. The van der Waals surface area contributed by atoms with Crippen LogP contribution in [0, 0.1) is 20.8 Å². The minimum absolute atomic E-state index is 0.216. The first-order chi connectivity index (χ1) is 16.8. The Balaban J connectivity index is 1.57. The number of nitrogens with one attached hydrogen (secondary N) is 1. The topological polar surface area (TPSA) is 67.2 Å². The molecule has 0 bridgehead atoms. The van der Waals surface area contributed by atoms with Gasteiger partial charge < -0.3 is 5.32 Å². The number of fused-ring (bicyclic) bond motifs is 1. The smallest absolute Gasteiger partial charge is 0.277 e. The van der Waals surface area contributed by atoms with E-state index in [0.29, 0.717) is 12.2 Å². The van der Waals surface area contributed by atoms with Crippen molar-refractivity contribution < 1.29 is 9.59 Å². The summed E-state index contributed by atoms with van der Waals surface area (Å²) in [6, 6.07) is 19.8. The summed E-state index contributed by atoms with van der Waals surface area (Å²) < 4.78 is 1.69. The molecule has 178 valence electrons. The molecule has 1 N–H and O–H groups in total. The van der Waals surface area contributed by atoms with Crippen LogP contribution in [-0.4, -0.2) is 27.1 Å². The highest BCUT2D eigenvalue weighted by molar-refractivity contribution is 7.13. The number of hydrogen-bond acceptors (Lipinski definition) is 4. The third kappa shape index (κ3) is 4.17. The molecule has 0 spiro atoms. The van der Waals surface area contributed by atoms with Crippen molar-refractivity contribution in [3.05, 3.63) is 94.0 Å². The van der Waals surface area contributed by atoms with Gasteiger partial charge in [-0.1, -0.05) is 48.0 Å². The number of carbonyl (C=O) groups is 2. The predicted molar refractivity (Wildman–Crippen MR) is 140 cm³/mol. The summed E-state index contributed by atoms with van der Waals surface area (Å²) >= 11 is 1.58. The number of benzene rings is 2. The lowest BCUT2D eigenvalue weighted by Crippen LogP contribution is -2.64. The molecule has 3 heterocycles. The molecule has 1 atom stereocenters. The van der Waals surface area contributed by atoms with Crippen molar-refractivity contribution >= 4 is 28.8 Å². The Kier molecular flexibility index (Phi) is 5.81. The molecule has 6 nitrogen and oxygen atoms in total. The maximum absolute atomic E-state index is 14.0. The van der Waals surface area contributed by atoms with E-state index in [1.54, 1.807) is 20.9 Å². The van der Waals surface area contributed by atoms with Gasteiger partial charge in [-0.25, -0.2) is 0 Å². The lowest BCUT2D eigenvalue weighted by atomic mass is 9.92. The molecule has 4 aromatic rings. The van der Waals surface area contributed by atoms with E-state index in [4.69, 9.17) is 5.10 Å². The van der Waals surface area contributed by atoms with Crippen LogP contribution in [0.3, 0.4) is 0 Å². The number of thiophene rings is 1. The molecule has 2 amide bonds. The molecule has 0 saturated carbocycles. The SMILES string of the molecule is Cc1cccc(CNC(=O)[C@@]2(C)Cn3nc(-c4cccs4)cc3C(=O)N2c2cc(C)ccc2C)c1. The first-order valence-electron chi connectivity index (χ1n) is 11.6. The number of nitrogens with zero attached hydrogens (tertiary/aromatic N) is 3. The van der Waals surface area contributed by atoms with Crippen LogP contribution in [0.1, 0.15) is 39.7 Å². The Labute approximate surface area is 209 Å². The Morgan fingerprint density at radius 1 is 1.06 bits per heavy atom. The first kappa shape index (κ1) is 23.1. The van der Waals surface area contributed by atoms with Crippen LogP contribution in [-0.2, 0) is 17.9 Å². The standard InChI is InChI=1S/C28H28N4O2S/c1-18-7-5-8-21(13-18)16-29-27(34)28(4)17-31-24(15-22(30-31)25-9-6-12-35-25)26(33)32(28)23-14-19(2)10-11-20(23)3/h5-15H,16-17H2,1-4H3,(H,29,34)/t28-/m1/s1. The zero-order valence-corrected chi connectivity index (χ0v) is 21.1. The zero-order chi connectivity index (χ0) is 24.7. The van der Waals surface area contributed by atoms with E-state index in [0.717, 1.165) is 38.5 Å². The van der Waals surface area contributed by atoms with Crippen LogP contribution in [0.4, 0.5) is 5.69 Å². The van der Waals surface area contributed by atoms with E-state index in [9.17, 15) is 9.59 Å². The fourth-order valence-corrected chi connectivity index (χ4v) is 5.34. The third-order valence-electron chi connectivity index (χ3n) is 6.56. The number of carbonyl (C=O) groups excluding carboxylic acids is 2. The maximum Gasteiger partial charge on any atom is 0.277 e. The Morgan fingerprint density at radius 2 is 1.86 bits per heavy atom. The summed E-state index contributed by atoms with van der Waals surface area (Å²) in [6.07, 6.45) is 0. The summed E-state index contributed by atoms with van der Waals surface area (Å²) in [5.41, 5.74) is 4.93. The number of anilines is 1. The number of aromatic nitrogens is 2. The molecule has 2 aromatic carbocycles. The van der Waals surface area contributed by atoms with E-state index >= 15 is 0 Å². The predicted octanol–water partition coefficient (Wildman–Crippen LogP) is 5.27. The monoisotopic (exact) mass is 484 g/mol. The molecule has 0 radical (unpaired) electrons. The largest absolute Gasteiger partial charge is 0.350 e. The molecule has 7 heteroatoms. The van der Waals surface area contributed by atoms with Gasteiger partial charge in [0.2, 0.25) is 5.91 Å². The summed E-state index contributed by atoms with van der Waals surface area (Å²) in [7, 11) is 0. The average Bonchev–Trinajstić information content (AvgIpc) is 3.50. The van der Waals surface area contributed by atoms with Gasteiger partial charge >= 0.3 is 0 Å². The highest BCUT2D eigenvalue weighted by atomic mass is 32.1. The van der Waals surface area contributed by atoms with Crippen LogP contribution < -0.4 is 10.2 Å². The van der Waals surface area contributed by atoms with Gasteiger partial charge in [0.1, 0.15) is 16.9 Å². The van der Waals surface area contributed by atoms with E-state index in [2.05, 4.69) is 11.4 Å². The molecule has 1 aliphatic heterocycles. The molecule has 0 aliphatic carbocycles. The van der Waals surface area contributed by atoms with Gasteiger partial charge in [0.25, 0.3) is 5.91 Å². The number of hydrogen-bond donors (Lipinski definition) is 1.